The Morgan fingerprint density at radius 2 is 0.881 bits per heavy atom. The SMILES string of the molecule is CC(=O)OC[C@H]1OC(O)[C@H](OC(C)=O)[C@@H]1O[C@H]1O[C@@H](CN=[N+]=[N-])[C@@H](OC(C)=O)[C@H](OC(C)=O)[C@H]1N=[N+]=[N-].CC(=O)OC[C@H]1O[C@@H](Sc2ccc(C)cc2)[C@H](OC(C)=O)[C@@H]1O[C@H]1O[C@@H](CN=[N+]=[N-])[C@@H](OC(C)=O)[C@H](OC(C)=O)[C@H]1N=[N+]=[N-].[B]=NS. The summed E-state index contributed by atoms with van der Waals surface area (Å²) in [7, 11) is 4.34. The molecule has 1 N–H and O–H groups in total. The van der Waals surface area contributed by atoms with Crippen LogP contribution in [0, 0.1) is 6.92 Å². The predicted octanol–water partition coefficient (Wildman–Crippen LogP) is 3.61. The van der Waals surface area contributed by atoms with E-state index in [0.717, 1.165) is 52.0 Å². The first kappa shape index (κ1) is 70.8. The molecule has 0 aromatic heterocycles. The van der Waals surface area contributed by atoms with Crippen molar-refractivity contribution in [1.82, 2.24) is 0 Å². The van der Waals surface area contributed by atoms with Gasteiger partial charge in [0.15, 0.2) is 55.5 Å². The maximum atomic E-state index is 12.2. The number of hydrogen-bond acceptors (Lipinski definition) is 30. The van der Waals surface area contributed by atoms with E-state index in [1.165, 1.54) is 25.6 Å². The average molecular weight is 1220 g/mol. The van der Waals surface area contributed by atoms with Crippen molar-refractivity contribution < 1.29 is 110 Å². The Bertz CT molecular complexity index is 2690. The Hall–Kier alpha value is -7.50. The number of benzene rings is 1. The first-order chi connectivity index (χ1) is 39.8. The Balaban J connectivity index is 0.000000426. The van der Waals surface area contributed by atoms with Gasteiger partial charge in [-0.15, -0.1) is 0 Å². The number of rotatable bonds is 22. The monoisotopic (exact) mass is 1220 g/mol. The third-order valence-corrected chi connectivity index (χ3v) is 12.5. The molecule has 0 amide bonds. The van der Waals surface area contributed by atoms with Gasteiger partial charge in [0.05, 0.1) is 13.1 Å². The average Bonchev–Trinajstić information content (AvgIpc) is 2.08. The van der Waals surface area contributed by atoms with Crippen molar-refractivity contribution in [3.05, 3.63) is 71.6 Å². The van der Waals surface area contributed by atoms with Crippen molar-refractivity contribution in [2.24, 2.45) is 24.8 Å². The second kappa shape index (κ2) is 35.6. The van der Waals surface area contributed by atoms with E-state index in [1.54, 1.807) is 0 Å². The van der Waals surface area contributed by atoms with E-state index in [1.807, 2.05) is 31.2 Å². The van der Waals surface area contributed by atoms with Gasteiger partial charge in [0.1, 0.15) is 67.4 Å². The summed E-state index contributed by atoms with van der Waals surface area (Å²) in [4.78, 5) is 106. The Morgan fingerprint density at radius 1 is 0.524 bits per heavy atom. The van der Waals surface area contributed by atoms with E-state index >= 15 is 0 Å². The van der Waals surface area contributed by atoms with E-state index < -0.39 is 177 Å². The Labute approximate surface area is 487 Å². The first-order valence-electron chi connectivity index (χ1n) is 24.6. The zero-order chi connectivity index (χ0) is 62.8. The molecule has 457 valence electrons. The summed E-state index contributed by atoms with van der Waals surface area (Å²) < 4.78 is 80.3. The van der Waals surface area contributed by atoms with Crippen LogP contribution in [-0.4, -0.2) is 196 Å². The molecule has 4 saturated heterocycles. The van der Waals surface area contributed by atoms with Crippen molar-refractivity contribution >= 4 is 80.0 Å². The van der Waals surface area contributed by atoms with Crippen LogP contribution < -0.4 is 0 Å². The second-order valence-corrected chi connectivity index (χ2v) is 19.1. The van der Waals surface area contributed by atoms with E-state index in [9.17, 15) is 54.5 Å². The Morgan fingerprint density at radius 3 is 1.25 bits per heavy atom. The van der Waals surface area contributed by atoms with Crippen LogP contribution in [0.15, 0.2) is 53.9 Å². The predicted molar refractivity (Wildman–Crippen MR) is 281 cm³/mol. The first-order valence-corrected chi connectivity index (χ1v) is 25.9. The number of carbonyl (C=O) groups is 8. The minimum atomic E-state index is -1.70. The van der Waals surface area contributed by atoms with Crippen molar-refractivity contribution in [1.29, 1.82) is 0 Å². The summed E-state index contributed by atoms with van der Waals surface area (Å²) in [6, 6.07) is 4.54. The number of carbonyl (C=O) groups excluding carboxylic acids is 8. The molecular formula is C45H59BN13O23S2. The van der Waals surface area contributed by atoms with Gasteiger partial charge in [0.25, 0.3) is 0 Å². The molecule has 84 heavy (non-hydrogen) atoms. The molecule has 4 fully saturated rings. The fourth-order valence-corrected chi connectivity index (χ4v) is 9.51. The Kier molecular flexibility index (Phi) is 30.0. The molecule has 1 unspecified atom stereocenters. The van der Waals surface area contributed by atoms with Gasteiger partial charge in [0, 0.05) is 79.9 Å². The van der Waals surface area contributed by atoms with Crippen LogP contribution in [0.5, 0.6) is 0 Å². The summed E-state index contributed by atoms with van der Waals surface area (Å²) in [6.45, 7) is 9.28. The van der Waals surface area contributed by atoms with Crippen LogP contribution in [0.25, 0.3) is 41.8 Å². The van der Waals surface area contributed by atoms with E-state index in [-0.39, 0.29) is 6.61 Å². The number of hydrogen-bond donors (Lipinski definition) is 2. The number of ether oxygens (including phenoxy) is 14. The molecule has 4 heterocycles. The molecule has 5 rings (SSSR count). The number of aliphatic hydroxyl groups is 1. The number of aryl methyl sites for hydroxylation is 1. The topological polar surface area (TPSA) is 493 Å². The van der Waals surface area contributed by atoms with Gasteiger partial charge in [-0.2, -0.15) is 0 Å². The third-order valence-electron chi connectivity index (χ3n) is 11.4. The zero-order valence-corrected chi connectivity index (χ0v) is 47.9. The number of azide groups is 4. The number of thioether (sulfide) groups is 1. The normalized spacial score (nSPS) is 29.9. The van der Waals surface area contributed by atoms with Crippen molar-refractivity contribution in [3.8, 4) is 0 Å². The van der Waals surface area contributed by atoms with Gasteiger partial charge in [-0.3, -0.25) is 38.4 Å². The van der Waals surface area contributed by atoms with Gasteiger partial charge in [-0.05, 0) is 41.2 Å². The van der Waals surface area contributed by atoms with E-state index in [4.69, 9.17) is 77.4 Å². The van der Waals surface area contributed by atoms with E-state index in [2.05, 4.69) is 64.9 Å². The van der Waals surface area contributed by atoms with Crippen LogP contribution in [0.1, 0.15) is 61.0 Å². The quantitative estimate of drug-likeness (QED) is 0.0318. The van der Waals surface area contributed by atoms with Crippen LogP contribution >= 0.6 is 24.6 Å². The van der Waals surface area contributed by atoms with Gasteiger partial charge in [0.2, 0.25) is 0 Å². The van der Waals surface area contributed by atoms with Gasteiger partial charge in [-0.25, -0.2) is 0 Å². The van der Waals surface area contributed by atoms with Gasteiger partial charge in [-0.1, -0.05) is 49.9 Å². The number of nitrogens with zero attached hydrogens (tertiary/aromatic N) is 13. The molecule has 36 nitrogen and oxygen atoms in total. The fourth-order valence-electron chi connectivity index (χ4n) is 8.41. The van der Waals surface area contributed by atoms with Crippen LogP contribution in [-0.2, 0) is 105 Å². The molecule has 0 spiro atoms. The molecular weight excluding hydrogens is 1170 g/mol. The summed E-state index contributed by atoms with van der Waals surface area (Å²) in [5, 5.41) is 24.5. The van der Waals surface area contributed by atoms with Gasteiger partial charge < -0.3 is 71.4 Å². The molecule has 1 radical (unpaired) electrons. The van der Waals surface area contributed by atoms with E-state index in [0.29, 0.717) is 0 Å². The number of thiol groups is 1. The molecule has 39 heteroatoms. The van der Waals surface area contributed by atoms with Crippen molar-refractivity contribution in [3.63, 3.8) is 0 Å². The van der Waals surface area contributed by atoms with Crippen molar-refractivity contribution in [2.75, 3.05) is 26.3 Å². The molecule has 4 aliphatic rings. The number of esters is 8. The molecule has 1 aromatic carbocycles. The summed E-state index contributed by atoms with van der Waals surface area (Å²) in [5.41, 5.74) is 36.4. The molecule has 0 aliphatic carbocycles. The van der Waals surface area contributed by atoms with Crippen LogP contribution in [0.4, 0.5) is 0 Å². The van der Waals surface area contributed by atoms with Crippen molar-refractivity contribution in [2.45, 2.75) is 177 Å². The fraction of sp³-hybridized carbons (Fsp3) is 0.689. The molecule has 0 bridgehead atoms. The zero-order valence-electron chi connectivity index (χ0n) is 46.2. The number of aliphatic hydroxyl groups excluding tert-OH is 1. The summed E-state index contributed by atoms with van der Waals surface area (Å²) in [6.07, 6.45) is -20.3. The summed E-state index contributed by atoms with van der Waals surface area (Å²) in [5.74, 6) is -6.00. The standard InChI is InChI=1S/C26H32N6O11S.C19H26N6O12.BHNS/c1-12-6-8-17(9-7-12)44-26-24(40-16(5)36)22(19(42-26)11-37-13(2)33)43-25-20(30-32-28)23(39-15(4)35)21(38-14(3)34)18(41-25)10-29-31-27;1-7(26)31-6-12-15(17(18(30)35-12)34-10(4)29)37-19-13(23-25-21)16(33-9(3)28)14(32-8(2)27)11(36-19)5-22-24-20;1-2-3/h6-9,18-26H,10-11H2,1-5H3;11-19,30H,5-6H2,1-4H3;3H/t18-,19+,20+,21+,22+,23+,24+,25+,26-;11-,12+,13+,14+,15+,16+,17+,18?,19+;/m00./s1. The molecule has 4 aliphatic heterocycles. The molecule has 0 saturated carbocycles. The van der Waals surface area contributed by atoms with Gasteiger partial charge >= 0.3 is 72.5 Å². The third kappa shape index (κ3) is 22.3. The molecule has 18 atom stereocenters. The van der Waals surface area contributed by atoms with Crippen LogP contribution in [0.3, 0.4) is 0 Å². The maximum absolute atomic E-state index is 12.2. The summed E-state index contributed by atoms with van der Waals surface area (Å²) >= 11 is 4.42. The minimum absolute atomic E-state index is 0.312. The second-order valence-electron chi connectivity index (χ2n) is 17.7. The van der Waals surface area contributed by atoms with Crippen LogP contribution in [0.2, 0.25) is 0 Å². The molecule has 1 aromatic rings.